The first kappa shape index (κ1) is 15.8. The fourth-order valence-corrected chi connectivity index (χ4v) is 3.37. The molecular weight excluding hydrogens is 292 g/mol. The first-order valence-electron chi connectivity index (χ1n) is 7.83. The third-order valence-electron chi connectivity index (χ3n) is 4.65. The van der Waals surface area contributed by atoms with Gasteiger partial charge in [0.05, 0.1) is 29.0 Å². The van der Waals surface area contributed by atoms with Gasteiger partial charge in [-0.15, -0.1) is 0 Å². The Hall–Kier alpha value is -2.05. The van der Waals surface area contributed by atoms with Crippen molar-refractivity contribution >= 4 is 16.9 Å². The number of rotatable bonds is 5. The number of hydrogen-bond donors (Lipinski definition) is 1. The Balaban J connectivity index is 1.94. The van der Waals surface area contributed by atoms with E-state index >= 15 is 0 Å². The monoisotopic (exact) mass is 314 g/mol. The molecule has 1 aromatic heterocycles. The van der Waals surface area contributed by atoms with Crippen molar-refractivity contribution in [3.63, 3.8) is 0 Å². The fraction of sp³-hybridized carbons (Fsp3) is 0.471. The third kappa shape index (κ3) is 2.80. The maximum atomic E-state index is 12.1. The van der Waals surface area contributed by atoms with Crippen molar-refractivity contribution in [1.82, 2.24) is 14.9 Å². The molecule has 1 fully saturated rings. The standard InChI is InChI=1S/C17H22N4O2/c1-12-15(20-14-7-4-3-6-13(14)19-12)10-21-9-5-8-17(21,11-23-2)16(18)22/h3-4,6-7H,5,8-11H2,1-2H3,(H2,18,22). The SMILES string of the molecule is COCC1(C(N)=O)CCCN1Cc1nc2ccccc2nc1C. The topological polar surface area (TPSA) is 81.3 Å². The number of carbonyl (C=O) groups excluding carboxylic acids is 1. The van der Waals surface area contributed by atoms with Crippen molar-refractivity contribution in [3.05, 3.63) is 35.7 Å². The highest BCUT2D eigenvalue weighted by molar-refractivity contribution is 5.85. The summed E-state index contributed by atoms with van der Waals surface area (Å²) in [7, 11) is 1.60. The molecule has 2 aromatic rings. The predicted octanol–water partition coefficient (Wildman–Crippen LogP) is 1.40. The molecule has 1 aliphatic rings. The molecule has 0 spiro atoms. The van der Waals surface area contributed by atoms with E-state index < -0.39 is 5.54 Å². The number of aromatic nitrogens is 2. The predicted molar refractivity (Wildman–Crippen MR) is 87.7 cm³/mol. The van der Waals surface area contributed by atoms with Crippen LogP contribution in [0.25, 0.3) is 11.0 Å². The van der Waals surface area contributed by atoms with E-state index in [9.17, 15) is 4.79 Å². The Morgan fingerprint density at radius 3 is 2.70 bits per heavy atom. The lowest BCUT2D eigenvalue weighted by Crippen LogP contribution is -2.56. The number of fused-ring (bicyclic) bond motifs is 1. The molecule has 1 amide bonds. The van der Waals surface area contributed by atoms with Gasteiger partial charge in [0.1, 0.15) is 5.54 Å². The van der Waals surface area contributed by atoms with Gasteiger partial charge < -0.3 is 10.5 Å². The zero-order chi connectivity index (χ0) is 16.4. The van der Waals surface area contributed by atoms with Crippen LogP contribution in [-0.2, 0) is 16.1 Å². The van der Waals surface area contributed by atoms with E-state index in [1.165, 1.54) is 0 Å². The van der Waals surface area contributed by atoms with E-state index in [1.807, 2.05) is 31.2 Å². The first-order chi connectivity index (χ1) is 11.1. The fourth-order valence-electron chi connectivity index (χ4n) is 3.37. The number of likely N-dealkylation sites (tertiary alicyclic amines) is 1. The lowest BCUT2D eigenvalue weighted by atomic mass is 9.96. The van der Waals surface area contributed by atoms with Crippen LogP contribution in [0.1, 0.15) is 24.2 Å². The number of amides is 1. The Morgan fingerprint density at radius 1 is 1.35 bits per heavy atom. The largest absolute Gasteiger partial charge is 0.382 e. The van der Waals surface area contributed by atoms with E-state index in [0.29, 0.717) is 13.2 Å². The van der Waals surface area contributed by atoms with Crippen LogP contribution in [0.2, 0.25) is 0 Å². The molecule has 1 aromatic carbocycles. The molecule has 122 valence electrons. The second-order valence-electron chi connectivity index (χ2n) is 6.10. The smallest absolute Gasteiger partial charge is 0.240 e. The van der Waals surface area contributed by atoms with E-state index in [0.717, 1.165) is 41.8 Å². The minimum atomic E-state index is -0.742. The zero-order valence-corrected chi connectivity index (χ0v) is 13.6. The molecule has 0 radical (unpaired) electrons. The second-order valence-corrected chi connectivity index (χ2v) is 6.10. The van der Waals surface area contributed by atoms with Gasteiger partial charge in [0.15, 0.2) is 0 Å². The van der Waals surface area contributed by atoms with Gasteiger partial charge in [-0.2, -0.15) is 0 Å². The van der Waals surface area contributed by atoms with Gasteiger partial charge in [-0.3, -0.25) is 9.69 Å². The Bertz CT molecular complexity index is 734. The highest BCUT2D eigenvalue weighted by Gasteiger charge is 2.46. The number of hydrogen-bond acceptors (Lipinski definition) is 5. The summed E-state index contributed by atoms with van der Waals surface area (Å²) < 4.78 is 5.28. The number of para-hydroxylation sites is 2. The van der Waals surface area contributed by atoms with Gasteiger partial charge in [-0.05, 0) is 38.4 Å². The van der Waals surface area contributed by atoms with Gasteiger partial charge in [0.25, 0.3) is 0 Å². The average molecular weight is 314 g/mol. The molecule has 6 heteroatoms. The minimum absolute atomic E-state index is 0.308. The van der Waals surface area contributed by atoms with Gasteiger partial charge in [-0.1, -0.05) is 12.1 Å². The third-order valence-corrected chi connectivity index (χ3v) is 4.65. The molecule has 2 N–H and O–H groups in total. The highest BCUT2D eigenvalue weighted by atomic mass is 16.5. The number of aryl methyl sites for hydroxylation is 1. The van der Waals surface area contributed by atoms with Gasteiger partial charge in [0.2, 0.25) is 5.91 Å². The van der Waals surface area contributed by atoms with Crippen molar-refractivity contribution in [2.24, 2.45) is 5.73 Å². The van der Waals surface area contributed by atoms with E-state index in [2.05, 4.69) is 9.88 Å². The summed E-state index contributed by atoms with van der Waals surface area (Å²) in [5.74, 6) is -0.330. The molecule has 1 atom stereocenters. The van der Waals surface area contributed by atoms with Crippen LogP contribution in [0.15, 0.2) is 24.3 Å². The Morgan fingerprint density at radius 2 is 2.04 bits per heavy atom. The molecule has 3 rings (SSSR count). The summed E-state index contributed by atoms with van der Waals surface area (Å²) in [6.07, 6.45) is 1.64. The number of nitrogens with zero attached hydrogens (tertiary/aromatic N) is 3. The van der Waals surface area contributed by atoms with Crippen molar-refractivity contribution in [2.75, 3.05) is 20.3 Å². The van der Waals surface area contributed by atoms with E-state index in [4.69, 9.17) is 15.5 Å². The summed E-state index contributed by atoms with van der Waals surface area (Å²) in [5.41, 5.74) is 8.46. The molecule has 0 saturated carbocycles. The number of methoxy groups -OCH3 is 1. The van der Waals surface area contributed by atoms with Gasteiger partial charge in [-0.25, -0.2) is 9.97 Å². The maximum absolute atomic E-state index is 12.1. The molecule has 0 aliphatic carbocycles. The molecule has 2 heterocycles. The lowest BCUT2D eigenvalue weighted by molar-refractivity contribution is -0.132. The summed E-state index contributed by atoms with van der Waals surface area (Å²) in [5, 5.41) is 0. The van der Waals surface area contributed by atoms with Crippen LogP contribution in [0.4, 0.5) is 0 Å². The van der Waals surface area contributed by atoms with Crippen molar-refractivity contribution in [2.45, 2.75) is 31.8 Å². The molecule has 1 aliphatic heterocycles. The Kier molecular flexibility index (Phi) is 4.28. The molecule has 0 bridgehead atoms. The second kappa shape index (κ2) is 6.22. The number of primary amides is 1. The Labute approximate surface area is 135 Å². The van der Waals surface area contributed by atoms with Crippen LogP contribution in [0.3, 0.4) is 0 Å². The average Bonchev–Trinajstić information content (AvgIpc) is 2.92. The van der Waals surface area contributed by atoms with Crippen LogP contribution >= 0.6 is 0 Å². The maximum Gasteiger partial charge on any atom is 0.240 e. The van der Waals surface area contributed by atoms with Gasteiger partial charge in [0, 0.05) is 13.7 Å². The first-order valence-corrected chi connectivity index (χ1v) is 7.83. The minimum Gasteiger partial charge on any atom is -0.382 e. The number of nitrogens with two attached hydrogens (primary N) is 1. The summed E-state index contributed by atoms with van der Waals surface area (Å²) in [6, 6.07) is 7.80. The van der Waals surface area contributed by atoms with Crippen molar-refractivity contribution in [3.8, 4) is 0 Å². The quantitative estimate of drug-likeness (QED) is 0.902. The summed E-state index contributed by atoms with van der Waals surface area (Å²) >= 11 is 0. The summed E-state index contributed by atoms with van der Waals surface area (Å²) in [4.78, 5) is 23.5. The molecule has 23 heavy (non-hydrogen) atoms. The molecular formula is C17H22N4O2. The molecule has 1 unspecified atom stereocenters. The van der Waals surface area contributed by atoms with Crippen LogP contribution in [-0.4, -0.2) is 46.6 Å². The lowest BCUT2D eigenvalue weighted by Gasteiger charge is -2.35. The number of ether oxygens (including phenoxy) is 1. The number of carbonyl (C=O) groups is 1. The normalized spacial score (nSPS) is 21.8. The van der Waals surface area contributed by atoms with E-state index in [-0.39, 0.29) is 5.91 Å². The van der Waals surface area contributed by atoms with Crippen LogP contribution < -0.4 is 5.73 Å². The molecule has 6 nitrogen and oxygen atoms in total. The zero-order valence-electron chi connectivity index (χ0n) is 13.6. The van der Waals surface area contributed by atoms with E-state index in [1.54, 1.807) is 7.11 Å². The highest BCUT2D eigenvalue weighted by Crippen LogP contribution is 2.31. The number of benzene rings is 1. The summed E-state index contributed by atoms with van der Waals surface area (Å²) in [6.45, 7) is 3.62. The van der Waals surface area contributed by atoms with Crippen molar-refractivity contribution in [1.29, 1.82) is 0 Å². The van der Waals surface area contributed by atoms with Crippen LogP contribution in [0.5, 0.6) is 0 Å². The van der Waals surface area contributed by atoms with Gasteiger partial charge >= 0.3 is 0 Å². The molecule has 1 saturated heterocycles. The van der Waals surface area contributed by atoms with Crippen LogP contribution in [0, 0.1) is 6.92 Å². The van der Waals surface area contributed by atoms with Crippen molar-refractivity contribution < 1.29 is 9.53 Å².